The zero-order chi connectivity index (χ0) is 19.6. The van der Waals surface area contributed by atoms with E-state index >= 15 is 0 Å². The number of carbonyl (C=O) groups is 1. The van der Waals surface area contributed by atoms with Gasteiger partial charge in [-0.2, -0.15) is 4.31 Å². The minimum atomic E-state index is -4.04. The van der Waals surface area contributed by atoms with E-state index in [0.717, 1.165) is 11.6 Å². The molecule has 1 saturated heterocycles. The number of nitrogens with zero attached hydrogens (tertiary/aromatic N) is 2. The Morgan fingerprint density at radius 3 is 2.48 bits per heavy atom. The van der Waals surface area contributed by atoms with Gasteiger partial charge in [-0.05, 0) is 23.8 Å². The first-order valence-electron chi connectivity index (χ1n) is 8.11. The van der Waals surface area contributed by atoms with Gasteiger partial charge < -0.3 is 10.4 Å². The summed E-state index contributed by atoms with van der Waals surface area (Å²) < 4.78 is 27.1. The van der Waals surface area contributed by atoms with Crippen molar-refractivity contribution in [2.24, 2.45) is 0 Å². The molecule has 1 aliphatic heterocycles. The van der Waals surface area contributed by atoms with E-state index in [-0.39, 0.29) is 29.6 Å². The number of carboxylic acids is 1. The first-order chi connectivity index (χ1) is 12.8. The summed E-state index contributed by atoms with van der Waals surface area (Å²) in [6.07, 6.45) is 0. The number of hydrogen-bond acceptors (Lipinski definition) is 6. The number of nitrogens with one attached hydrogen (secondary N) is 1. The lowest BCUT2D eigenvalue weighted by molar-refractivity contribution is -0.387. The summed E-state index contributed by atoms with van der Waals surface area (Å²) in [4.78, 5) is 21.1. The van der Waals surface area contributed by atoms with E-state index in [9.17, 15) is 23.3 Å². The minimum absolute atomic E-state index is 0.0841. The molecule has 0 bridgehead atoms. The van der Waals surface area contributed by atoms with E-state index < -0.39 is 26.6 Å². The SMILES string of the molecule is O=C(O)c1ccc(C2CN(S(=O)(=O)c3ccccc3[N+](=O)[O-])CCN2)cc1. The first kappa shape index (κ1) is 19.0. The number of rotatable bonds is 5. The van der Waals surface area contributed by atoms with Gasteiger partial charge in [-0.25, -0.2) is 13.2 Å². The third kappa shape index (κ3) is 3.82. The van der Waals surface area contributed by atoms with E-state index in [2.05, 4.69) is 5.32 Å². The maximum Gasteiger partial charge on any atom is 0.335 e. The molecule has 0 saturated carbocycles. The zero-order valence-corrected chi connectivity index (χ0v) is 14.9. The summed E-state index contributed by atoms with van der Waals surface area (Å²) in [5.41, 5.74) is 0.416. The summed E-state index contributed by atoms with van der Waals surface area (Å²) >= 11 is 0. The van der Waals surface area contributed by atoms with Crippen LogP contribution in [0.5, 0.6) is 0 Å². The number of sulfonamides is 1. The average Bonchev–Trinajstić information content (AvgIpc) is 2.68. The average molecular weight is 391 g/mol. The molecular formula is C17H17N3O6S. The number of nitro benzene ring substituents is 1. The first-order valence-corrected chi connectivity index (χ1v) is 9.55. The molecule has 0 aromatic heterocycles. The number of benzene rings is 2. The van der Waals surface area contributed by atoms with Crippen LogP contribution in [0.3, 0.4) is 0 Å². The fourth-order valence-corrected chi connectivity index (χ4v) is 4.60. The van der Waals surface area contributed by atoms with Gasteiger partial charge >= 0.3 is 5.97 Å². The molecule has 0 amide bonds. The zero-order valence-electron chi connectivity index (χ0n) is 14.1. The Kier molecular flexibility index (Phi) is 5.22. The van der Waals surface area contributed by atoms with Gasteiger partial charge in [0.15, 0.2) is 4.90 Å². The van der Waals surface area contributed by atoms with Crippen molar-refractivity contribution in [3.8, 4) is 0 Å². The van der Waals surface area contributed by atoms with Crippen molar-refractivity contribution < 1.29 is 23.2 Å². The van der Waals surface area contributed by atoms with Crippen LogP contribution in [-0.2, 0) is 10.0 Å². The van der Waals surface area contributed by atoms with Crippen LogP contribution in [0, 0.1) is 10.1 Å². The number of nitro groups is 1. The van der Waals surface area contributed by atoms with Crippen molar-refractivity contribution in [2.75, 3.05) is 19.6 Å². The molecule has 1 atom stereocenters. The fraction of sp³-hybridized carbons (Fsp3) is 0.235. The molecule has 0 aliphatic carbocycles. The standard InChI is InChI=1S/C17H17N3O6S/c21-17(22)13-7-5-12(6-8-13)14-11-19(10-9-18-14)27(25,26)16-4-2-1-3-15(16)20(23)24/h1-8,14,18H,9-11H2,(H,21,22). The lowest BCUT2D eigenvalue weighted by atomic mass is 10.0. The number of piperazine rings is 1. The molecule has 10 heteroatoms. The highest BCUT2D eigenvalue weighted by Gasteiger charge is 2.34. The van der Waals surface area contributed by atoms with Gasteiger partial charge in [-0.15, -0.1) is 0 Å². The predicted molar refractivity (Wildman–Crippen MR) is 96.0 cm³/mol. The Morgan fingerprint density at radius 2 is 1.85 bits per heavy atom. The Hall–Kier alpha value is -2.82. The molecule has 9 nitrogen and oxygen atoms in total. The second kappa shape index (κ2) is 7.43. The van der Waals surface area contributed by atoms with E-state index in [4.69, 9.17) is 5.11 Å². The monoisotopic (exact) mass is 391 g/mol. The van der Waals surface area contributed by atoms with Gasteiger partial charge in [-0.3, -0.25) is 10.1 Å². The van der Waals surface area contributed by atoms with Crippen LogP contribution < -0.4 is 5.32 Å². The quantitative estimate of drug-likeness (QED) is 0.585. The molecule has 27 heavy (non-hydrogen) atoms. The highest BCUT2D eigenvalue weighted by atomic mass is 32.2. The summed E-state index contributed by atoms with van der Waals surface area (Å²) in [5, 5.41) is 23.3. The smallest absolute Gasteiger partial charge is 0.335 e. The van der Waals surface area contributed by atoms with Gasteiger partial charge in [0.25, 0.3) is 5.69 Å². The summed E-state index contributed by atoms with van der Waals surface area (Å²) in [6.45, 7) is 0.629. The maximum atomic E-state index is 12.9. The third-order valence-corrected chi connectivity index (χ3v) is 6.29. The predicted octanol–water partition coefficient (Wildman–Crippen LogP) is 1.63. The third-order valence-electron chi connectivity index (χ3n) is 4.38. The molecule has 2 aromatic carbocycles. The van der Waals surface area contributed by atoms with Crippen molar-refractivity contribution >= 4 is 21.7 Å². The molecular weight excluding hydrogens is 374 g/mol. The minimum Gasteiger partial charge on any atom is -0.478 e. The summed E-state index contributed by atoms with van der Waals surface area (Å²) in [5.74, 6) is -1.04. The second-order valence-corrected chi connectivity index (χ2v) is 7.93. The van der Waals surface area contributed by atoms with E-state index in [0.29, 0.717) is 6.54 Å². The van der Waals surface area contributed by atoms with E-state index in [1.54, 1.807) is 12.1 Å². The van der Waals surface area contributed by atoms with Crippen LogP contribution >= 0.6 is 0 Å². The van der Waals surface area contributed by atoms with Crippen molar-refractivity contribution in [1.82, 2.24) is 9.62 Å². The van der Waals surface area contributed by atoms with Crippen LogP contribution in [-0.4, -0.2) is 48.4 Å². The van der Waals surface area contributed by atoms with Crippen molar-refractivity contribution in [3.63, 3.8) is 0 Å². The molecule has 0 radical (unpaired) electrons. The fourth-order valence-electron chi connectivity index (χ4n) is 2.99. The Balaban J connectivity index is 1.87. The topological polar surface area (TPSA) is 130 Å². The Bertz CT molecular complexity index is 974. The van der Waals surface area contributed by atoms with E-state index in [1.165, 1.54) is 34.6 Å². The highest BCUT2D eigenvalue weighted by molar-refractivity contribution is 7.89. The number of para-hydroxylation sites is 1. The summed E-state index contributed by atoms with van der Waals surface area (Å²) in [6, 6.07) is 11.1. The number of carboxylic acid groups (broad SMARTS) is 1. The van der Waals surface area contributed by atoms with Gasteiger partial charge in [0, 0.05) is 31.7 Å². The van der Waals surface area contributed by atoms with Crippen molar-refractivity contribution in [3.05, 3.63) is 69.8 Å². The molecule has 1 heterocycles. The molecule has 2 N–H and O–H groups in total. The molecule has 0 spiro atoms. The van der Waals surface area contributed by atoms with Crippen LogP contribution in [0.2, 0.25) is 0 Å². The van der Waals surface area contributed by atoms with Gasteiger partial charge in [-0.1, -0.05) is 24.3 Å². The molecule has 1 aliphatic rings. The molecule has 142 valence electrons. The van der Waals surface area contributed by atoms with Gasteiger partial charge in [0.05, 0.1) is 10.5 Å². The maximum absolute atomic E-state index is 12.9. The highest BCUT2D eigenvalue weighted by Crippen LogP contribution is 2.29. The molecule has 3 rings (SSSR count). The van der Waals surface area contributed by atoms with Gasteiger partial charge in [0.2, 0.25) is 10.0 Å². The van der Waals surface area contributed by atoms with Crippen LogP contribution in [0.1, 0.15) is 22.0 Å². The van der Waals surface area contributed by atoms with Gasteiger partial charge in [0.1, 0.15) is 0 Å². The Labute approximate surface area is 155 Å². The lowest BCUT2D eigenvalue weighted by Crippen LogP contribution is -2.48. The second-order valence-electron chi connectivity index (χ2n) is 6.02. The molecule has 1 fully saturated rings. The Morgan fingerprint density at radius 1 is 1.19 bits per heavy atom. The van der Waals surface area contributed by atoms with Crippen LogP contribution in [0.15, 0.2) is 53.4 Å². The largest absolute Gasteiger partial charge is 0.478 e. The normalized spacial score (nSPS) is 18.1. The molecule has 2 aromatic rings. The van der Waals surface area contributed by atoms with Crippen molar-refractivity contribution in [2.45, 2.75) is 10.9 Å². The van der Waals surface area contributed by atoms with E-state index in [1.807, 2.05) is 0 Å². The summed E-state index contributed by atoms with van der Waals surface area (Å²) in [7, 11) is -4.04. The molecule has 1 unspecified atom stereocenters. The van der Waals surface area contributed by atoms with Crippen LogP contribution in [0.25, 0.3) is 0 Å². The lowest BCUT2D eigenvalue weighted by Gasteiger charge is -2.33. The number of hydrogen-bond donors (Lipinski definition) is 2. The number of aromatic carboxylic acids is 1. The van der Waals surface area contributed by atoms with Crippen LogP contribution in [0.4, 0.5) is 5.69 Å². The van der Waals surface area contributed by atoms with Crippen molar-refractivity contribution in [1.29, 1.82) is 0 Å².